The first kappa shape index (κ1) is 15.0. The zero-order valence-electron chi connectivity index (χ0n) is 12.7. The van der Waals surface area contributed by atoms with Crippen molar-refractivity contribution in [2.75, 3.05) is 20.0 Å². The number of rotatable bonds is 3. The standard InChI is InChI=1S/C16H17NO4S/c1-4-17-9-6-5-7-11(20-2)12(9)13-14(17)10(18)8-22-15(13)16(19)21-3/h5-7,15H,4,8H2,1-3H3. The molecule has 1 aliphatic rings. The highest BCUT2D eigenvalue weighted by atomic mass is 32.2. The van der Waals surface area contributed by atoms with Gasteiger partial charge in [0.2, 0.25) is 0 Å². The topological polar surface area (TPSA) is 57.5 Å². The molecular weight excluding hydrogens is 302 g/mol. The van der Waals surface area contributed by atoms with Crippen molar-refractivity contribution in [3.63, 3.8) is 0 Å². The summed E-state index contributed by atoms with van der Waals surface area (Å²) in [6.07, 6.45) is 0. The van der Waals surface area contributed by atoms with Crippen LogP contribution in [-0.4, -0.2) is 36.3 Å². The smallest absolute Gasteiger partial charge is 0.323 e. The molecule has 0 bridgehead atoms. The highest BCUT2D eigenvalue weighted by Gasteiger charge is 2.38. The van der Waals surface area contributed by atoms with Crippen molar-refractivity contribution in [1.82, 2.24) is 4.57 Å². The van der Waals surface area contributed by atoms with E-state index in [2.05, 4.69) is 0 Å². The predicted molar refractivity (Wildman–Crippen MR) is 85.7 cm³/mol. The summed E-state index contributed by atoms with van der Waals surface area (Å²) in [5, 5.41) is 0.335. The second-order valence-corrected chi connectivity index (χ2v) is 6.09. The third-order valence-electron chi connectivity index (χ3n) is 3.95. The first-order valence-electron chi connectivity index (χ1n) is 7.05. The lowest BCUT2D eigenvalue weighted by Gasteiger charge is -2.21. The van der Waals surface area contributed by atoms with E-state index < -0.39 is 5.25 Å². The number of fused-ring (bicyclic) bond motifs is 3. The molecule has 0 radical (unpaired) electrons. The van der Waals surface area contributed by atoms with Gasteiger partial charge in [0, 0.05) is 17.5 Å². The summed E-state index contributed by atoms with van der Waals surface area (Å²) in [5.74, 6) is 0.663. The van der Waals surface area contributed by atoms with E-state index in [1.165, 1.54) is 18.9 Å². The van der Waals surface area contributed by atoms with Crippen molar-refractivity contribution in [3.8, 4) is 5.75 Å². The summed E-state index contributed by atoms with van der Waals surface area (Å²) in [5.41, 5.74) is 2.25. The van der Waals surface area contributed by atoms with E-state index in [1.807, 2.05) is 29.7 Å². The molecule has 0 saturated carbocycles. The molecule has 0 spiro atoms. The van der Waals surface area contributed by atoms with Crippen LogP contribution in [0, 0.1) is 0 Å². The summed E-state index contributed by atoms with van der Waals surface area (Å²) in [6, 6.07) is 5.69. The quantitative estimate of drug-likeness (QED) is 0.814. The summed E-state index contributed by atoms with van der Waals surface area (Å²) >= 11 is 1.31. The zero-order valence-corrected chi connectivity index (χ0v) is 13.5. The SMILES string of the molecule is CCn1c2c(c3c(OC)cccc31)C(C(=O)OC)SCC2=O. The van der Waals surface area contributed by atoms with Gasteiger partial charge >= 0.3 is 5.97 Å². The van der Waals surface area contributed by atoms with E-state index in [1.54, 1.807) is 7.11 Å². The Balaban J connectivity index is 2.42. The van der Waals surface area contributed by atoms with Crippen molar-refractivity contribution >= 4 is 34.4 Å². The number of benzene rings is 1. The summed E-state index contributed by atoms with van der Waals surface area (Å²) in [6.45, 7) is 2.64. The Morgan fingerprint density at radius 3 is 2.82 bits per heavy atom. The van der Waals surface area contributed by atoms with Gasteiger partial charge in [0.1, 0.15) is 11.0 Å². The molecule has 1 aliphatic heterocycles. The summed E-state index contributed by atoms with van der Waals surface area (Å²) < 4.78 is 12.4. The molecular formula is C16H17NO4S. The highest BCUT2D eigenvalue weighted by Crippen LogP contribution is 2.46. The minimum absolute atomic E-state index is 0.0419. The number of hydrogen-bond acceptors (Lipinski definition) is 5. The summed E-state index contributed by atoms with van der Waals surface area (Å²) in [7, 11) is 2.96. The van der Waals surface area contributed by atoms with Gasteiger partial charge in [-0.2, -0.15) is 0 Å². The van der Waals surface area contributed by atoms with E-state index in [4.69, 9.17) is 9.47 Å². The molecule has 0 fully saturated rings. The van der Waals surface area contributed by atoms with Gasteiger partial charge in [0.05, 0.1) is 31.2 Å². The third kappa shape index (κ3) is 2.01. The van der Waals surface area contributed by atoms with Gasteiger partial charge in [-0.25, -0.2) is 0 Å². The molecule has 0 saturated heterocycles. The molecule has 5 nitrogen and oxygen atoms in total. The van der Waals surface area contributed by atoms with Gasteiger partial charge in [-0.05, 0) is 19.1 Å². The number of carbonyl (C=O) groups excluding carboxylic acids is 2. The van der Waals surface area contributed by atoms with E-state index >= 15 is 0 Å². The lowest BCUT2D eigenvalue weighted by atomic mass is 10.0. The van der Waals surface area contributed by atoms with Gasteiger partial charge in [0.15, 0.2) is 5.78 Å². The number of thioether (sulfide) groups is 1. The fourth-order valence-corrected chi connectivity index (χ4v) is 4.14. The number of esters is 1. The van der Waals surface area contributed by atoms with Crippen molar-refractivity contribution in [3.05, 3.63) is 29.5 Å². The maximum absolute atomic E-state index is 12.5. The Morgan fingerprint density at radius 2 is 2.18 bits per heavy atom. The predicted octanol–water partition coefficient (Wildman–Crippen LogP) is 2.81. The number of ether oxygens (including phenoxy) is 2. The van der Waals surface area contributed by atoms with Crippen LogP contribution >= 0.6 is 11.8 Å². The normalized spacial score (nSPS) is 17.4. The van der Waals surface area contributed by atoms with Crippen molar-refractivity contribution in [1.29, 1.82) is 0 Å². The highest BCUT2D eigenvalue weighted by molar-refractivity contribution is 8.01. The molecule has 0 N–H and O–H groups in total. The van der Waals surface area contributed by atoms with Crippen LogP contribution in [0.4, 0.5) is 0 Å². The fraction of sp³-hybridized carbons (Fsp3) is 0.375. The van der Waals surface area contributed by atoms with Crippen LogP contribution in [0.1, 0.15) is 28.2 Å². The minimum atomic E-state index is -0.496. The number of ketones is 1. The Kier molecular flexibility index (Phi) is 3.87. The summed E-state index contributed by atoms with van der Waals surface area (Å²) in [4.78, 5) is 24.6. The minimum Gasteiger partial charge on any atom is -0.496 e. The molecule has 1 aromatic heterocycles. The first-order valence-corrected chi connectivity index (χ1v) is 8.10. The Morgan fingerprint density at radius 1 is 1.41 bits per heavy atom. The molecule has 22 heavy (non-hydrogen) atoms. The molecule has 0 amide bonds. The van der Waals surface area contributed by atoms with Crippen LogP contribution in [-0.2, 0) is 16.1 Å². The third-order valence-corrected chi connectivity index (χ3v) is 5.14. The lowest BCUT2D eigenvalue weighted by Crippen LogP contribution is -2.23. The second kappa shape index (κ2) is 5.68. The second-order valence-electron chi connectivity index (χ2n) is 5.00. The van der Waals surface area contributed by atoms with Gasteiger partial charge in [-0.3, -0.25) is 9.59 Å². The molecule has 1 aromatic carbocycles. The monoisotopic (exact) mass is 319 g/mol. The number of aromatic nitrogens is 1. The number of nitrogens with zero attached hydrogens (tertiary/aromatic N) is 1. The van der Waals surface area contributed by atoms with Crippen molar-refractivity contribution in [2.24, 2.45) is 0 Å². The first-order chi connectivity index (χ1) is 10.6. The Hall–Kier alpha value is -1.95. The van der Waals surface area contributed by atoms with Gasteiger partial charge in [-0.15, -0.1) is 11.8 Å². The molecule has 116 valence electrons. The van der Waals surface area contributed by atoms with Crippen molar-refractivity contribution < 1.29 is 19.1 Å². The number of methoxy groups -OCH3 is 2. The van der Waals surface area contributed by atoms with E-state index in [0.29, 0.717) is 18.0 Å². The maximum atomic E-state index is 12.5. The Bertz CT molecular complexity index is 765. The molecule has 2 heterocycles. The number of aryl methyl sites for hydroxylation is 1. The van der Waals surface area contributed by atoms with Crippen LogP contribution in [0.15, 0.2) is 18.2 Å². The number of carbonyl (C=O) groups is 2. The average Bonchev–Trinajstić information content (AvgIpc) is 2.89. The average molecular weight is 319 g/mol. The molecule has 6 heteroatoms. The number of hydrogen-bond donors (Lipinski definition) is 0. The maximum Gasteiger partial charge on any atom is 0.323 e. The molecule has 3 rings (SSSR count). The fourth-order valence-electron chi connectivity index (χ4n) is 3.06. The lowest BCUT2D eigenvalue weighted by molar-refractivity contribution is -0.140. The zero-order chi connectivity index (χ0) is 15.9. The Labute approximate surface area is 132 Å². The van der Waals surface area contributed by atoms with Crippen molar-refractivity contribution in [2.45, 2.75) is 18.7 Å². The van der Waals surface area contributed by atoms with Crippen LogP contribution < -0.4 is 4.74 Å². The van der Waals surface area contributed by atoms with Crippen LogP contribution in [0.25, 0.3) is 10.9 Å². The van der Waals surface area contributed by atoms with Gasteiger partial charge in [0.25, 0.3) is 0 Å². The van der Waals surface area contributed by atoms with E-state index in [9.17, 15) is 9.59 Å². The molecule has 1 unspecified atom stereocenters. The molecule has 1 atom stereocenters. The van der Waals surface area contributed by atoms with Crippen LogP contribution in [0.2, 0.25) is 0 Å². The molecule has 2 aromatic rings. The van der Waals surface area contributed by atoms with Crippen LogP contribution in [0.3, 0.4) is 0 Å². The van der Waals surface area contributed by atoms with E-state index in [-0.39, 0.29) is 17.5 Å². The van der Waals surface area contributed by atoms with Crippen LogP contribution in [0.5, 0.6) is 5.75 Å². The largest absolute Gasteiger partial charge is 0.496 e. The van der Waals surface area contributed by atoms with Gasteiger partial charge in [-0.1, -0.05) is 6.07 Å². The molecule has 0 aliphatic carbocycles. The number of Topliss-reactive ketones (excluding diaryl/α,β-unsaturated/α-hetero) is 1. The van der Waals surface area contributed by atoms with E-state index in [0.717, 1.165) is 16.5 Å². The van der Waals surface area contributed by atoms with Gasteiger partial charge < -0.3 is 14.0 Å².